The molecule has 0 radical (unpaired) electrons. The van der Waals surface area contributed by atoms with Gasteiger partial charge < -0.3 is 9.64 Å². The average Bonchev–Trinajstić information content (AvgIpc) is 2.77. The van der Waals surface area contributed by atoms with Gasteiger partial charge in [-0.05, 0) is 38.0 Å². The van der Waals surface area contributed by atoms with E-state index in [0.717, 1.165) is 19.0 Å². The molecule has 2 aromatic rings. The molecular formula is C22H22F2N4O2. The molecule has 1 unspecified atom stereocenters. The minimum Gasteiger partial charge on any atom is -0.472 e. The minimum absolute atomic E-state index is 0.0588. The van der Waals surface area contributed by atoms with Gasteiger partial charge in [-0.2, -0.15) is 0 Å². The van der Waals surface area contributed by atoms with Gasteiger partial charge in [0.1, 0.15) is 23.6 Å². The van der Waals surface area contributed by atoms with Gasteiger partial charge in [0.2, 0.25) is 5.88 Å². The number of amides is 1. The van der Waals surface area contributed by atoms with Crippen LogP contribution in [0, 0.1) is 5.82 Å². The third-order valence-corrected chi connectivity index (χ3v) is 5.51. The maximum atomic E-state index is 14.0. The zero-order chi connectivity index (χ0) is 21.1. The number of carbonyl (C=O) groups excluding carboxylic acids is 1. The number of nitrogens with zero attached hydrogens (tertiary/aromatic N) is 4. The van der Waals surface area contributed by atoms with E-state index in [9.17, 15) is 13.6 Å². The molecule has 0 saturated carbocycles. The van der Waals surface area contributed by atoms with Gasteiger partial charge in [-0.3, -0.25) is 4.79 Å². The van der Waals surface area contributed by atoms with Crippen LogP contribution in [0.5, 0.6) is 5.88 Å². The molecule has 1 fully saturated rings. The number of pyridine rings is 1. The number of likely N-dealkylation sites (tertiary alicyclic amines) is 1. The number of hydrogen-bond donors (Lipinski definition) is 0. The number of piperidine rings is 1. The number of allylic oxidation sites excluding steroid dienone is 3. The Labute approximate surface area is 173 Å². The molecule has 3 atom stereocenters. The molecular weight excluding hydrogens is 390 g/mol. The van der Waals surface area contributed by atoms with E-state index < -0.39 is 11.7 Å². The first-order chi connectivity index (χ1) is 14.5. The Hall–Kier alpha value is -3.16. The summed E-state index contributed by atoms with van der Waals surface area (Å²) in [7, 11) is 0. The predicted molar refractivity (Wildman–Crippen MR) is 106 cm³/mol. The van der Waals surface area contributed by atoms with Crippen LogP contribution >= 0.6 is 0 Å². The molecule has 2 aliphatic rings. The summed E-state index contributed by atoms with van der Waals surface area (Å²) in [5.74, 6) is -0.706. The van der Waals surface area contributed by atoms with Gasteiger partial charge in [-0.15, -0.1) is 0 Å². The lowest BCUT2D eigenvalue weighted by Gasteiger charge is -2.40. The van der Waals surface area contributed by atoms with Crippen LogP contribution in [0.1, 0.15) is 37.9 Å². The second-order valence-corrected chi connectivity index (χ2v) is 7.45. The first-order valence-corrected chi connectivity index (χ1v) is 9.95. The highest BCUT2D eigenvalue weighted by Crippen LogP contribution is 2.35. The molecule has 1 amide bonds. The molecule has 1 aliphatic carbocycles. The van der Waals surface area contributed by atoms with Crippen LogP contribution < -0.4 is 4.74 Å². The first-order valence-electron chi connectivity index (χ1n) is 9.95. The Morgan fingerprint density at radius 1 is 1.17 bits per heavy atom. The van der Waals surface area contributed by atoms with Crippen molar-refractivity contribution in [3.05, 3.63) is 72.0 Å². The second kappa shape index (κ2) is 8.69. The van der Waals surface area contributed by atoms with E-state index in [1.807, 2.05) is 6.92 Å². The fourth-order valence-corrected chi connectivity index (χ4v) is 3.92. The van der Waals surface area contributed by atoms with Crippen LogP contribution in [0.2, 0.25) is 0 Å². The largest absolute Gasteiger partial charge is 0.472 e. The molecule has 156 valence electrons. The standard InChI is InChI=1S/C22H22F2N4O2/c1-14-19(30-20-8-6-16(24)13-27-20)4-2-11-28(14)22(29)17-7-5-15(23)12-18(17)21-25-9-3-10-26-21/h3,5-10,13-14,18-19H,2,4,11-12H2,1H3/t14-,18?,19+/m0/s1. The number of carbonyl (C=O) groups is 1. The molecule has 6 nitrogen and oxygen atoms in total. The lowest BCUT2D eigenvalue weighted by atomic mass is 9.87. The molecule has 8 heteroatoms. The summed E-state index contributed by atoms with van der Waals surface area (Å²) in [6.07, 6.45) is 8.43. The lowest BCUT2D eigenvalue weighted by molar-refractivity contribution is -0.133. The van der Waals surface area contributed by atoms with Crippen LogP contribution in [-0.4, -0.2) is 44.4 Å². The number of halogens is 2. The molecule has 0 aromatic carbocycles. The van der Waals surface area contributed by atoms with Gasteiger partial charge in [-0.25, -0.2) is 23.7 Å². The van der Waals surface area contributed by atoms with Crippen molar-refractivity contribution >= 4 is 5.91 Å². The zero-order valence-electron chi connectivity index (χ0n) is 16.5. The van der Waals surface area contributed by atoms with E-state index in [-0.39, 0.29) is 30.3 Å². The Balaban J connectivity index is 1.54. The first kappa shape index (κ1) is 20.1. The normalized spacial score (nSPS) is 24.1. The third kappa shape index (κ3) is 4.22. The van der Waals surface area contributed by atoms with Crippen LogP contribution in [0.15, 0.2) is 60.3 Å². The van der Waals surface area contributed by atoms with Crippen molar-refractivity contribution in [3.8, 4) is 5.88 Å². The summed E-state index contributed by atoms with van der Waals surface area (Å²) in [6, 6.07) is 4.22. The summed E-state index contributed by atoms with van der Waals surface area (Å²) < 4.78 is 33.0. The van der Waals surface area contributed by atoms with Crippen molar-refractivity contribution in [2.45, 2.75) is 44.2 Å². The fraction of sp³-hybridized carbons (Fsp3) is 0.364. The highest BCUT2D eigenvalue weighted by molar-refractivity contribution is 5.95. The maximum Gasteiger partial charge on any atom is 0.250 e. The predicted octanol–water partition coefficient (Wildman–Crippen LogP) is 3.74. The molecule has 30 heavy (non-hydrogen) atoms. The van der Waals surface area contributed by atoms with Crippen molar-refractivity contribution in [1.29, 1.82) is 0 Å². The highest BCUT2D eigenvalue weighted by atomic mass is 19.1. The Morgan fingerprint density at radius 2 is 1.97 bits per heavy atom. The Bertz CT molecular complexity index is 963. The molecule has 3 heterocycles. The van der Waals surface area contributed by atoms with Crippen LogP contribution in [0.3, 0.4) is 0 Å². The molecule has 0 spiro atoms. The molecule has 1 saturated heterocycles. The number of aromatic nitrogens is 3. The van der Waals surface area contributed by atoms with E-state index in [4.69, 9.17) is 4.74 Å². The summed E-state index contributed by atoms with van der Waals surface area (Å²) in [6.45, 7) is 2.49. The molecule has 2 aromatic heterocycles. The quantitative estimate of drug-likeness (QED) is 0.765. The SMILES string of the molecule is C[C@H]1[C@H](Oc2ccc(F)cn2)CCCN1C(=O)C1=CC=C(F)CC1c1ncccn1. The lowest BCUT2D eigenvalue weighted by Crippen LogP contribution is -2.52. The van der Waals surface area contributed by atoms with Crippen LogP contribution in [-0.2, 0) is 4.79 Å². The second-order valence-electron chi connectivity index (χ2n) is 7.45. The summed E-state index contributed by atoms with van der Waals surface area (Å²) >= 11 is 0. The Morgan fingerprint density at radius 3 is 2.70 bits per heavy atom. The summed E-state index contributed by atoms with van der Waals surface area (Å²) in [4.78, 5) is 27.6. The smallest absolute Gasteiger partial charge is 0.250 e. The average molecular weight is 412 g/mol. The number of rotatable bonds is 4. The van der Waals surface area contributed by atoms with Gasteiger partial charge in [0.25, 0.3) is 5.91 Å². The topological polar surface area (TPSA) is 68.2 Å². The van der Waals surface area contributed by atoms with Crippen molar-refractivity contribution in [2.24, 2.45) is 0 Å². The minimum atomic E-state index is -0.532. The number of ether oxygens (including phenoxy) is 1. The van der Waals surface area contributed by atoms with Gasteiger partial charge >= 0.3 is 0 Å². The van der Waals surface area contributed by atoms with E-state index in [1.165, 1.54) is 24.3 Å². The molecule has 1 aliphatic heterocycles. The van der Waals surface area contributed by atoms with Gasteiger partial charge in [0, 0.05) is 37.0 Å². The monoisotopic (exact) mass is 412 g/mol. The molecule has 4 rings (SSSR count). The van der Waals surface area contributed by atoms with Crippen molar-refractivity contribution in [3.63, 3.8) is 0 Å². The summed E-state index contributed by atoms with van der Waals surface area (Å²) in [5, 5.41) is 0. The summed E-state index contributed by atoms with van der Waals surface area (Å²) in [5.41, 5.74) is 0.468. The van der Waals surface area contributed by atoms with Crippen LogP contribution in [0.25, 0.3) is 0 Å². The Kier molecular flexibility index (Phi) is 5.83. The van der Waals surface area contributed by atoms with Gasteiger partial charge in [0.05, 0.1) is 18.2 Å². The van der Waals surface area contributed by atoms with E-state index in [0.29, 0.717) is 23.8 Å². The molecule has 0 bridgehead atoms. The van der Waals surface area contributed by atoms with E-state index in [2.05, 4.69) is 15.0 Å². The fourth-order valence-electron chi connectivity index (χ4n) is 3.92. The highest BCUT2D eigenvalue weighted by Gasteiger charge is 2.37. The maximum absolute atomic E-state index is 14.0. The zero-order valence-corrected chi connectivity index (χ0v) is 16.5. The van der Waals surface area contributed by atoms with Crippen molar-refractivity contribution < 1.29 is 18.3 Å². The van der Waals surface area contributed by atoms with Crippen LogP contribution in [0.4, 0.5) is 8.78 Å². The van der Waals surface area contributed by atoms with Gasteiger partial charge in [0.15, 0.2) is 0 Å². The van der Waals surface area contributed by atoms with Gasteiger partial charge in [-0.1, -0.05) is 6.08 Å². The van der Waals surface area contributed by atoms with Crippen molar-refractivity contribution in [2.75, 3.05) is 6.54 Å². The number of hydrogen-bond acceptors (Lipinski definition) is 5. The third-order valence-electron chi connectivity index (χ3n) is 5.51. The van der Waals surface area contributed by atoms with E-state index in [1.54, 1.807) is 23.4 Å². The molecule has 0 N–H and O–H groups in total. The van der Waals surface area contributed by atoms with E-state index >= 15 is 0 Å². The van der Waals surface area contributed by atoms with Crippen molar-refractivity contribution in [1.82, 2.24) is 19.9 Å².